The van der Waals surface area contributed by atoms with Crippen molar-refractivity contribution < 1.29 is 43.2 Å². The third-order valence-electron chi connectivity index (χ3n) is 6.45. The number of allylic oxidation sites excluding steroid dienone is 1. The normalized spacial score (nSPS) is 12.5. The molecule has 12 nitrogen and oxygen atoms in total. The molecule has 0 aliphatic carbocycles. The second-order valence-corrected chi connectivity index (χ2v) is 10.2. The smallest absolute Gasteiger partial charge is 0.408 e. The van der Waals surface area contributed by atoms with Crippen LogP contribution >= 0.6 is 0 Å². The van der Waals surface area contributed by atoms with Crippen LogP contribution in [-0.4, -0.2) is 80.6 Å². The first-order valence-electron chi connectivity index (χ1n) is 15.1. The molecule has 46 heavy (non-hydrogen) atoms. The van der Waals surface area contributed by atoms with E-state index in [1.54, 1.807) is 18.2 Å². The van der Waals surface area contributed by atoms with Crippen LogP contribution in [0.2, 0.25) is 0 Å². The summed E-state index contributed by atoms with van der Waals surface area (Å²) in [5.74, 6) is -2.28. The molecule has 2 aromatic carbocycles. The molecule has 0 unspecified atom stereocenters. The third kappa shape index (κ3) is 16.0. The van der Waals surface area contributed by atoms with Crippen LogP contribution in [0.5, 0.6) is 0 Å². The molecule has 0 heterocycles. The Balaban J connectivity index is 2.00. The van der Waals surface area contributed by atoms with Crippen LogP contribution in [0.1, 0.15) is 30.4 Å². The highest BCUT2D eigenvalue weighted by molar-refractivity contribution is 5.86. The molecular formula is C34H45N3O9. The number of amides is 3. The largest absolute Gasteiger partial charge is 0.462 e. The maximum absolute atomic E-state index is 13.3. The zero-order chi connectivity index (χ0) is 33.4. The topological polar surface area (TPSA) is 162 Å². The summed E-state index contributed by atoms with van der Waals surface area (Å²) < 4.78 is 21.7. The van der Waals surface area contributed by atoms with Crippen LogP contribution < -0.4 is 16.0 Å². The number of esters is 1. The Bertz CT molecular complexity index is 1210. The first kappa shape index (κ1) is 37.7. The van der Waals surface area contributed by atoms with Crippen molar-refractivity contribution in [1.82, 2.24) is 16.0 Å². The van der Waals surface area contributed by atoms with E-state index in [2.05, 4.69) is 29.1 Å². The number of aliphatic hydroxyl groups excluding tert-OH is 1. The number of hydrogen-bond donors (Lipinski definition) is 4. The lowest BCUT2D eigenvalue weighted by Gasteiger charge is -2.23. The van der Waals surface area contributed by atoms with Gasteiger partial charge in [0.2, 0.25) is 11.8 Å². The molecular weight excluding hydrogens is 594 g/mol. The van der Waals surface area contributed by atoms with Crippen LogP contribution in [0.3, 0.4) is 0 Å². The predicted molar refractivity (Wildman–Crippen MR) is 171 cm³/mol. The van der Waals surface area contributed by atoms with Crippen molar-refractivity contribution >= 4 is 23.9 Å². The first-order valence-corrected chi connectivity index (χ1v) is 15.1. The molecule has 0 spiro atoms. The van der Waals surface area contributed by atoms with E-state index in [4.69, 9.17) is 24.1 Å². The highest BCUT2D eigenvalue weighted by Gasteiger charge is 2.26. The number of rotatable bonds is 23. The van der Waals surface area contributed by atoms with Crippen LogP contribution in [-0.2, 0) is 46.5 Å². The first-order chi connectivity index (χ1) is 22.4. The maximum atomic E-state index is 13.3. The fourth-order valence-corrected chi connectivity index (χ4v) is 4.12. The molecule has 0 fully saturated rings. The van der Waals surface area contributed by atoms with Gasteiger partial charge in [0.05, 0.1) is 45.0 Å². The van der Waals surface area contributed by atoms with E-state index in [-0.39, 0.29) is 78.0 Å². The molecule has 12 heteroatoms. The van der Waals surface area contributed by atoms with Gasteiger partial charge in [0.15, 0.2) is 0 Å². The Morgan fingerprint density at radius 2 is 1.43 bits per heavy atom. The molecule has 0 aromatic heterocycles. The Labute approximate surface area is 270 Å². The number of carbonyl (C=O) groups excluding carboxylic acids is 4. The van der Waals surface area contributed by atoms with Crippen molar-refractivity contribution in [3.8, 4) is 0 Å². The van der Waals surface area contributed by atoms with Gasteiger partial charge in [-0.1, -0.05) is 72.8 Å². The summed E-state index contributed by atoms with van der Waals surface area (Å²) in [6.07, 6.45) is 2.43. The monoisotopic (exact) mass is 639 g/mol. The highest BCUT2D eigenvalue weighted by atomic mass is 16.6. The van der Waals surface area contributed by atoms with Gasteiger partial charge in [0.1, 0.15) is 19.3 Å². The quantitative estimate of drug-likeness (QED) is 0.0814. The Morgan fingerprint density at radius 3 is 2.07 bits per heavy atom. The van der Waals surface area contributed by atoms with Crippen molar-refractivity contribution in [2.24, 2.45) is 5.92 Å². The van der Waals surface area contributed by atoms with Crippen molar-refractivity contribution in [3.63, 3.8) is 0 Å². The van der Waals surface area contributed by atoms with Crippen molar-refractivity contribution in [2.45, 2.75) is 44.6 Å². The van der Waals surface area contributed by atoms with Gasteiger partial charge in [-0.3, -0.25) is 9.59 Å². The Hall–Kier alpha value is -4.52. The molecule has 2 rings (SSSR count). The minimum absolute atomic E-state index is 0.00177. The minimum Gasteiger partial charge on any atom is -0.462 e. The molecule has 0 bridgehead atoms. The fourth-order valence-electron chi connectivity index (χ4n) is 4.12. The zero-order valence-corrected chi connectivity index (χ0v) is 26.1. The van der Waals surface area contributed by atoms with Crippen molar-refractivity contribution in [3.05, 3.63) is 97.1 Å². The lowest BCUT2D eigenvalue weighted by Crippen LogP contribution is -2.47. The molecule has 0 aliphatic heterocycles. The molecule has 0 radical (unpaired) electrons. The number of aliphatic hydroxyl groups is 1. The summed E-state index contributed by atoms with van der Waals surface area (Å²) in [4.78, 5) is 51.1. The molecule has 0 saturated carbocycles. The lowest BCUT2D eigenvalue weighted by atomic mass is 9.99. The predicted octanol–water partition coefficient (Wildman–Crippen LogP) is 2.81. The van der Waals surface area contributed by atoms with Crippen LogP contribution in [0.15, 0.2) is 86.0 Å². The van der Waals surface area contributed by atoms with Crippen LogP contribution in [0.4, 0.5) is 4.79 Å². The maximum Gasteiger partial charge on any atom is 0.408 e. The van der Waals surface area contributed by atoms with E-state index in [0.29, 0.717) is 0 Å². The molecule has 0 aliphatic rings. The van der Waals surface area contributed by atoms with Gasteiger partial charge in [-0.15, -0.1) is 13.2 Å². The summed E-state index contributed by atoms with van der Waals surface area (Å²) in [6, 6.07) is 16.7. The summed E-state index contributed by atoms with van der Waals surface area (Å²) in [7, 11) is 0. The van der Waals surface area contributed by atoms with Gasteiger partial charge in [-0.25, -0.2) is 9.59 Å². The second-order valence-electron chi connectivity index (χ2n) is 10.2. The van der Waals surface area contributed by atoms with Gasteiger partial charge >= 0.3 is 12.1 Å². The summed E-state index contributed by atoms with van der Waals surface area (Å²) in [5.41, 5.74) is 1.70. The van der Waals surface area contributed by atoms with E-state index < -0.39 is 36.0 Å². The van der Waals surface area contributed by atoms with Gasteiger partial charge in [0, 0.05) is 13.0 Å². The number of nitrogens with one attached hydrogen (secondary N) is 3. The van der Waals surface area contributed by atoms with E-state index in [0.717, 1.165) is 11.1 Å². The summed E-state index contributed by atoms with van der Waals surface area (Å²) >= 11 is 0. The van der Waals surface area contributed by atoms with Gasteiger partial charge < -0.3 is 40.0 Å². The molecule has 250 valence electrons. The van der Waals surface area contributed by atoms with Gasteiger partial charge in [-0.05, 0) is 24.0 Å². The second kappa shape index (κ2) is 22.9. The Morgan fingerprint density at radius 1 is 0.783 bits per heavy atom. The zero-order valence-electron chi connectivity index (χ0n) is 26.1. The number of carbonyl (C=O) groups is 4. The average molecular weight is 640 g/mol. The van der Waals surface area contributed by atoms with Gasteiger partial charge in [0.25, 0.3) is 0 Å². The summed E-state index contributed by atoms with van der Waals surface area (Å²) in [6.45, 7) is 7.87. The molecule has 4 N–H and O–H groups in total. The van der Waals surface area contributed by atoms with E-state index in [9.17, 15) is 19.2 Å². The van der Waals surface area contributed by atoms with Crippen LogP contribution in [0.25, 0.3) is 0 Å². The van der Waals surface area contributed by atoms with Crippen molar-refractivity contribution in [1.29, 1.82) is 0 Å². The SMILES string of the molecule is C=CC[C@@H](CC(=O)NCCOCCO)C(=O)N[C@@H](COCc1ccccc1)COC(=O)[C@@H](CC=C)NC(=O)OCc1ccccc1. The number of benzene rings is 2. The molecule has 3 amide bonds. The molecule has 0 saturated heterocycles. The summed E-state index contributed by atoms with van der Waals surface area (Å²) in [5, 5.41) is 16.8. The third-order valence-corrected chi connectivity index (χ3v) is 6.45. The molecule has 3 atom stereocenters. The lowest BCUT2D eigenvalue weighted by molar-refractivity contribution is -0.148. The Kier molecular flexibility index (Phi) is 18.8. The average Bonchev–Trinajstić information content (AvgIpc) is 3.06. The standard InChI is InChI=1S/C34H45N3O9/c1-3-11-28(21-31(39)35-17-19-43-20-18-38)32(40)36-29(24-44-22-26-13-7-5-8-14-26)25-45-33(41)30(12-4-2)37-34(42)46-23-27-15-9-6-10-16-27/h3-10,13-16,28-30,38H,1-2,11-12,17-25H2,(H,35,39)(H,36,40)(H,37,42)/t28-,29-,30+/m0/s1. The molecule has 2 aromatic rings. The van der Waals surface area contributed by atoms with Crippen LogP contribution in [0, 0.1) is 5.92 Å². The number of ether oxygens (including phenoxy) is 4. The number of alkyl carbamates (subject to hydrolysis) is 1. The van der Waals surface area contributed by atoms with Gasteiger partial charge in [-0.2, -0.15) is 0 Å². The van der Waals surface area contributed by atoms with Crippen molar-refractivity contribution in [2.75, 3.05) is 39.6 Å². The minimum atomic E-state index is -1.07. The highest BCUT2D eigenvalue weighted by Crippen LogP contribution is 2.11. The van der Waals surface area contributed by atoms with E-state index >= 15 is 0 Å². The van der Waals surface area contributed by atoms with E-state index in [1.807, 2.05) is 48.5 Å². The fraction of sp³-hybridized carbons (Fsp3) is 0.412. The number of hydrogen-bond acceptors (Lipinski definition) is 9. The van der Waals surface area contributed by atoms with E-state index in [1.165, 1.54) is 6.08 Å².